The molecule has 1 rings (SSSR count). The van der Waals surface area contributed by atoms with E-state index in [1.54, 1.807) is 5.43 Å². The van der Waals surface area contributed by atoms with E-state index in [1.807, 2.05) is 0 Å². The normalized spacial score (nSPS) is 14.5. The molecule has 0 aromatic carbocycles. The fraction of sp³-hybridized carbons (Fsp3) is 0.429. The van der Waals surface area contributed by atoms with Gasteiger partial charge in [-0.1, -0.05) is 0 Å². The van der Waals surface area contributed by atoms with Crippen LogP contribution in [-0.4, -0.2) is 12.2 Å². The zero-order valence-corrected chi connectivity index (χ0v) is 6.64. The van der Waals surface area contributed by atoms with Crippen molar-refractivity contribution < 1.29 is 17.6 Å². The fourth-order valence-corrected chi connectivity index (χ4v) is 0.914. The topological polar surface area (TPSA) is 51.2 Å². The van der Waals surface area contributed by atoms with Crippen molar-refractivity contribution in [1.82, 2.24) is 5.43 Å². The quantitative estimate of drug-likeness (QED) is 0.561. The van der Waals surface area contributed by atoms with Gasteiger partial charge in [-0.3, -0.25) is 5.84 Å². The molecule has 74 valence electrons. The van der Waals surface area contributed by atoms with Crippen LogP contribution in [0.3, 0.4) is 0 Å². The van der Waals surface area contributed by atoms with Gasteiger partial charge in [0, 0.05) is 6.42 Å². The first-order valence-corrected chi connectivity index (χ1v) is 3.58. The number of hydrogen-bond donors (Lipinski definition) is 2. The van der Waals surface area contributed by atoms with Crippen molar-refractivity contribution >= 4 is 0 Å². The van der Waals surface area contributed by atoms with Crippen LogP contribution in [0.2, 0.25) is 0 Å². The average molecular weight is 194 g/mol. The lowest BCUT2D eigenvalue weighted by molar-refractivity contribution is -0.155. The van der Waals surface area contributed by atoms with E-state index in [1.165, 1.54) is 18.6 Å². The molecule has 0 fully saturated rings. The van der Waals surface area contributed by atoms with E-state index < -0.39 is 12.2 Å². The van der Waals surface area contributed by atoms with Crippen molar-refractivity contribution in [2.45, 2.75) is 18.6 Å². The Bertz CT molecular complexity index is 245. The van der Waals surface area contributed by atoms with Crippen LogP contribution in [0, 0.1) is 0 Å². The molecule has 1 unspecified atom stereocenters. The molecule has 1 aromatic heterocycles. The molecule has 3 nitrogen and oxygen atoms in total. The lowest BCUT2D eigenvalue weighted by atomic mass is 10.1. The van der Waals surface area contributed by atoms with Crippen LogP contribution < -0.4 is 11.3 Å². The summed E-state index contributed by atoms with van der Waals surface area (Å²) in [5.74, 6) is 4.77. The first-order valence-electron chi connectivity index (χ1n) is 3.58. The number of hydrogen-bond acceptors (Lipinski definition) is 3. The molecule has 13 heavy (non-hydrogen) atoms. The third-order valence-corrected chi connectivity index (χ3v) is 1.62. The first kappa shape index (κ1) is 10.1. The van der Waals surface area contributed by atoms with Crippen LogP contribution in [0.4, 0.5) is 13.2 Å². The van der Waals surface area contributed by atoms with Gasteiger partial charge in [0.2, 0.25) is 0 Å². The number of hydrazine groups is 1. The van der Waals surface area contributed by atoms with E-state index in [0.29, 0.717) is 5.56 Å². The maximum Gasteiger partial charge on any atom is 0.405 e. The highest BCUT2D eigenvalue weighted by Gasteiger charge is 2.38. The molecule has 0 spiro atoms. The van der Waals surface area contributed by atoms with Crippen molar-refractivity contribution in [1.29, 1.82) is 0 Å². The minimum absolute atomic E-state index is 0.226. The molecule has 1 heterocycles. The molecule has 3 N–H and O–H groups in total. The molecule has 0 saturated heterocycles. The van der Waals surface area contributed by atoms with Gasteiger partial charge in [-0.05, 0) is 11.6 Å². The highest BCUT2D eigenvalue weighted by molar-refractivity contribution is 5.08. The zero-order chi connectivity index (χ0) is 9.90. The molecule has 6 heteroatoms. The van der Waals surface area contributed by atoms with Crippen LogP contribution in [0.25, 0.3) is 0 Å². The van der Waals surface area contributed by atoms with Crippen molar-refractivity contribution in [3.8, 4) is 0 Å². The van der Waals surface area contributed by atoms with E-state index in [4.69, 9.17) is 5.84 Å². The summed E-state index contributed by atoms with van der Waals surface area (Å²) in [6.07, 6.45) is -1.99. The van der Waals surface area contributed by atoms with Crippen LogP contribution in [0.5, 0.6) is 0 Å². The van der Waals surface area contributed by atoms with Gasteiger partial charge in [0.05, 0.1) is 12.5 Å². The second-order valence-corrected chi connectivity index (χ2v) is 2.60. The van der Waals surface area contributed by atoms with Gasteiger partial charge in [0.15, 0.2) is 0 Å². The molecular formula is C7H9F3N2O. The third-order valence-electron chi connectivity index (χ3n) is 1.62. The van der Waals surface area contributed by atoms with Gasteiger partial charge in [0.1, 0.15) is 6.04 Å². The van der Waals surface area contributed by atoms with E-state index in [9.17, 15) is 13.2 Å². The Morgan fingerprint density at radius 1 is 1.54 bits per heavy atom. The van der Waals surface area contributed by atoms with E-state index in [2.05, 4.69) is 4.42 Å². The number of nitrogens with one attached hydrogen (secondary N) is 1. The number of nitrogens with two attached hydrogens (primary N) is 1. The van der Waals surface area contributed by atoms with Gasteiger partial charge in [-0.25, -0.2) is 5.43 Å². The maximum atomic E-state index is 12.1. The van der Waals surface area contributed by atoms with Gasteiger partial charge in [-0.15, -0.1) is 0 Å². The van der Waals surface area contributed by atoms with Crippen LogP contribution in [0.15, 0.2) is 23.0 Å². The maximum absolute atomic E-state index is 12.1. The number of halogens is 3. The molecule has 0 aliphatic carbocycles. The Labute approximate surface area is 72.7 Å². The Morgan fingerprint density at radius 2 is 2.23 bits per heavy atom. The van der Waals surface area contributed by atoms with Crippen LogP contribution >= 0.6 is 0 Å². The fourth-order valence-electron chi connectivity index (χ4n) is 0.914. The Balaban J connectivity index is 2.60. The summed E-state index contributed by atoms with van der Waals surface area (Å²) < 4.78 is 41.1. The molecule has 0 amide bonds. The zero-order valence-electron chi connectivity index (χ0n) is 6.64. The molecular weight excluding hydrogens is 185 g/mol. The van der Waals surface area contributed by atoms with Crippen molar-refractivity contribution in [3.05, 3.63) is 24.2 Å². The summed E-state index contributed by atoms with van der Waals surface area (Å²) >= 11 is 0. The third kappa shape index (κ3) is 2.74. The van der Waals surface area contributed by atoms with E-state index in [0.717, 1.165) is 0 Å². The van der Waals surface area contributed by atoms with Gasteiger partial charge in [-0.2, -0.15) is 13.2 Å². The molecule has 0 saturated carbocycles. The standard InChI is InChI=1S/C7H9F3N2O/c8-7(9,10)6(12-11)3-5-1-2-13-4-5/h1-2,4,6,12H,3,11H2. The first-order chi connectivity index (χ1) is 6.04. The van der Waals surface area contributed by atoms with E-state index >= 15 is 0 Å². The molecule has 1 atom stereocenters. The largest absolute Gasteiger partial charge is 0.472 e. The summed E-state index contributed by atoms with van der Waals surface area (Å²) in [5.41, 5.74) is 2.17. The van der Waals surface area contributed by atoms with Crippen LogP contribution in [0.1, 0.15) is 5.56 Å². The summed E-state index contributed by atoms with van der Waals surface area (Å²) in [6.45, 7) is 0. The highest BCUT2D eigenvalue weighted by atomic mass is 19.4. The highest BCUT2D eigenvalue weighted by Crippen LogP contribution is 2.22. The Kier molecular flexibility index (Phi) is 2.94. The van der Waals surface area contributed by atoms with Crippen LogP contribution in [-0.2, 0) is 6.42 Å². The lowest BCUT2D eigenvalue weighted by Crippen LogP contribution is -2.47. The Morgan fingerprint density at radius 3 is 2.62 bits per heavy atom. The minimum Gasteiger partial charge on any atom is -0.472 e. The second-order valence-electron chi connectivity index (χ2n) is 2.60. The molecule has 0 aliphatic rings. The second kappa shape index (κ2) is 3.80. The molecule has 0 aliphatic heterocycles. The summed E-state index contributed by atoms with van der Waals surface area (Å²) in [6, 6.07) is -0.263. The average Bonchev–Trinajstić information content (AvgIpc) is 2.49. The van der Waals surface area contributed by atoms with Gasteiger partial charge < -0.3 is 4.42 Å². The number of rotatable bonds is 3. The monoisotopic (exact) mass is 194 g/mol. The van der Waals surface area contributed by atoms with E-state index in [-0.39, 0.29) is 6.42 Å². The van der Waals surface area contributed by atoms with Gasteiger partial charge in [0.25, 0.3) is 0 Å². The predicted molar refractivity (Wildman–Crippen MR) is 39.6 cm³/mol. The van der Waals surface area contributed by atoms with Gasteiger partial charge >= 0.3 is 6.18 Å². The Hall–Kier alpha value is -1.01. The van der Waals surface area contributed by atoms with Crippen molar-refractivity contribution in [2.24, 2.45) is 5.84 Å². The molecule has 0 bridgehead atoms. The predicted octanol–water partition coefficient (Wildman–Crippen LogP) is 1.22. The summed E-state index contributed by atoms with van der Waals surface area (Å²) in [5, 5.41) is 0. The SMILES string of the molecule is NNC(Cc1ccoc1)C(F)(F)F. The smallest absolute Gasteiger partial charge is 0.405 e. The summed E-state index contributed by atoms with van der Waals surface area (Å²) in [4.78, 5) is 0. The number of alkyl halides is 3. The number of furan rings is 1. The minimum atomic E-state index is -4.34. The van der Waals surface area contributed by atoms with Crippen molar-refractivity contribution in [3.63, 3.8) is 0 Å². The molecule has 0 radical (unpaired) electrons. The lowest BCUT2D eigenvalue weighted by Gasteiger charge is -2.17. The van der Waals surface area contributed by atoms with Crippen molar-refractivity contribution in [2.75, 3.05) is 0 Å². The summed E-state index contributed by atoms with van der Waals surface area (Å²) in [7, 11) is 0. The molecule has 1 aromatic rings.